The predicted octanol–water partition coefficient (Wildman–Crippen LogP) is 4.50. The number of amides is 1. The Bertz CT molecular complexity index is 1380. The minimum absolute atomic E-state index is 0.100. The van der Waals surface area contributed by atoms with E-state index in [2.05, 4.69) is 32.1 Å². The molecule has 2 heterocycles. The third-order valence-electron chi connectivity index (χ3n) is 6.13. The summed E-state index contributed by atoms with van der Waals surface area (Å²) in [6, 6.07) is 8.29. The van der Waals surface area contributed by atoms with Crippen LogP contribution in [0.1, 0.15) is 5.56 Å². The Morgan fingerprint density at radius 2 is 1.65 bits per heavy atom. The van der Waals surface area contributed by atoms with E-state index >= 15 is 0 Å². The van der Waals surface area contributed by atoms with E-state index in [9.17, 15) is 4.79 Å². The number of halogens is 2. The van der Waals surface area contributed by atoms with Gasteiger partial charge in [-0.2, -0.15) is 0 Å². The van der Waals surface area contributed by atoms with Gasteiger partial charge in [0.1, 0.15) is 41.8 Å². The van der Waals surface area contributed by atoms with Gasteiger partial charge in [-0.1, -0.05) is 29.8 Å². The Morgan fingerprint density at radius 1 is 0.975 bits per heavy atom. The number of methoxy groups -OCH3 is 2. The molecule has 0 atom stereocenters. The van der Waals surface area contributed by atoms with Crippen molar-refractivity contribution < 1.29 is 23.7 Å². The fraction of sp³-hybridized carbons (Fsp3) is 0.296. The van der Waals surface area contributed by atoms with Gasteiger partial charge in [-0.3, -0.25) is 9.69 Å². The van der Waals surface area contributed by atoms with E-state index in [0.29, 0.717) is 82.2 Å². The summed E-state index contributed by atoms with van der Waals surface area (Å²) in [5, 5.41) is 7.11. The standard InChI is InChI=1S/C27H30Cl2N6O5/c1-16(27(30)36)17-10-21(24(38-3)13-22(17)40-9-6-35-4-7-39-8-5-35)34-26-14-25(31-15-32-26)33-20-12-23(37-2)19(29)11-18(20)28/h10-15H,1,4-9H2,2-3H3,(H2,30,36)(H2,31,32,33,34). The first-order valence-electron chi connectivity index (χ1n) is 12.3. The van der Waals surface area contributed by atoms with E-state index in [1.165, 1.54) is 20.5 Å². The summed E-state index contributed by atoms with van der Waals surface area (Å²) < 4.78 is 22.3. The maximum Gasteiger partial charge on any atom is 0.248 e. The van der Waals surface area contributed by atoms with Gasteiger partial charge in [0.05, 0.1) is 48.9 Å². The lowest BCUT2D eigenvalue weighted by Crippen LogP contribution is -2.38. The highest BCUT2D eigenvalue weighted by Crippen LogP contribution is 2.38. The van der Waals surface area contributed by atoms with E-state index < -0.39 is 5.91 Å². The van der Waals surface area contributed by atoms with Crippen molar-refractivity contribution >= 4 is 57.7 Å². The molecule has 0 saturated carbocycles. The van der Waals surface area contributed by atoms with Gasteiger partial charge in [0.25, 0.3) is 0 Å². The Labute approximate surface area is 242 Å². The zero-order valence-corrected chi connectivity index (χ0v) is 23.6. The molecule has 4 N–H and O–H groups in total. The van der Waals surface area contributed by atoms with Crippen LogP contribution in [-0.2, 0) is 9.53 Å². The molecule has 212 valence electrons. The number of anilines is 4. The minimum atomic E-state index is -0.669. The smallest absolute Gasteiger partial charge is 0.248 e. The van der Waals surface area contributed by atoms with Crippen molar-refractivity contribution in [3.8, 4) is 17.2 Å². The molecule has 3 aromatic rings. The summed E-state index contributed by atoms with van der Waals surface area (Å²) in [6.45, 7) is 8.02. The third-order valence-corrected chi connectivity index (χ3v) is 6.74. The summed E-state index contributed by atoms with van der Waals surface area (Å²) in [4.78, 5) is 22.8. The zero-order valence-electron chi connectivity index (χ0n) is 22.1. The van der Waals surface area contributed by atoms with Crippen molar-refractivity contribution in [2.24, 2.45) is 5.73 Å². The number of carbonyl (C=O) groups excluding carboxylic acids is 1. The van der Waals surface area contributed by atoms with E-state index in [-0.39, 0.29) is 5.57 Å². The molecule has 0 unspecified atom stereocenters. The number of carbonyl (C=O) groups is 1. The molecular formula is C27H30Cl2N6O5. The van der Waals surface area contributed by atoms with Crippen molar-refractivity contribution in [2.75, 3.05) is 64.3 Å². The molecule has 0 spiro atoms. The first-order chi connectivity index (χ1) is 19.3. The number of aromatic nitrogens is 2. The Kier molecular flexibility index (Phi) is 9.88. The molecule has 0 radical (unpaired) electrons. The van der Waals surface area contributed by atoms with Gasteiger partial charge < -0.3 is 35.3 Å². The number of morpholine rings is 1. The highest BCUT2D eigenvalue weighted by Gasteiger charge is 2.19. The zero-order chi connectivity index (χ0) is 28.6. The van der Waals surface area contributed by atoms with Crippen LogP contribution in [-0.4, -0.2) is 74.4 Å². The fourth-order valence-electron chi connectivity index (χ4n) is 3.98. The largest absolute Gasteiger partial charge is 0.495 e. The summed E-state index contributed by atoms with van der Waals surface area (Å²) in [6.07, 6.45) is 1.38. The highest BCUT2D eigenvalue weighted by atomic mass is 35.5. The van der Waals surface area contributed by atoms with Crippen molar-refractivity contribution in [1.82, 2.24) is 14.9 Å². The van der Waals surface area contributed by atoms with Gasteiger partial charge in [-0.25, -0.2) is 9.97 Å². The van der Waals surface area contributed by atoms with Gasteiger partial charge in [0.15, 0.2) is 0 Å². The predicted molar refractivity (Wildman–Crippen MR) is 156 cm³/mol. The van der Waals surface area contributed by atoms with Crippen LogP contribution in [0.5, 0.6) is 17.2 Å². The van der Waals surface area contributed by atoms with Gasteiger partial charge in [0.2, 0.25) is 5.91 Å². The van der Waals surface area contributed by atoms with Gasteiger partial charge in [-0.05, 0) is 12.1 Å². The molecule has 1 aliphatic rings. The first kappa shape index (κ1) is 29.2. The summed E-state index contributed by atoms with van der Waals surface area (Å²) in [5.41, 5.74) is 7.16. The van der Waals surface area contributed by atoms with Crippen LogP contribution in [0.2, 0.25) is 10.0 Å². The van der Waals surface area contributed by atoms with Gasteiger partial charge in [0, 0.05) is 49.0 Å². The summed E-state index contributed by atoms with van der Waals surface area (Å²) in [5.74, 6) is 1.56. The Hall–Kier alpha value is -3.77. The van der Waals surface area contributed by atoms with Crippen LogP contribution in [0.15, 0.2) is 43.2 Å². The van der Waals surface area contributed by atoms with Crippen LogP contribution < -0.4 is 30.6 Å². The first-order valence-corrected chi connectivity index (χ1v) is 13.1. The lowest BCUT2D eigenvalue weighted by molar-refractivity contribution is -0.112. The number of rotatable bonds is 12. The number of nitrogens with zero attached hydrogens (tertiary/aromatic N) is 3. The van der Waals surface area contributed by atoms with Crippen LogP contribution >= 0.6 is 23.2 Å². The van der Waals surface area contributed by atoms with Crippen LogP contribution in [0.3, 0.4) is 0 Å². The molecule has 1 aromatic heterocycles. The molecule has 2 aromatic carbocycles. The van der Waals surface area contributed by atoms with Gasteiger partial charge >= 0.3 is 0 Å². The third kappa shape index (κ3) is 7.24. The monoisotopic (exact) mass is 588 g/mol. The summed E-state index contributed by atoms with van der Waals surface area (Å²) >= 11 is 12.5. The average Bonchev–Trinajstić information content (AvgIpc) is 2.95. The molecule has 40 heavy (non-hydrogen) atoms. The van der Waals surface area contributed by atoms with E-state index in [1.807, 2.05) is 0 Å². The van der Waals surface area contributed by atoms with Crippen molar-refractivity contribution in [2.45, 2.75) is 0 Å². The Morgan fingerprint density at radius 3 is 2.30 bits per heavy atom. The molecule has 13 heteroatoms. The van der Waals surface area contributed by atoms with Crippen molar-refractivity contribution in [3.63, 3.8) is 0 Å². The lowest BCUT2D eigenvalue weighted by atomic mass is 10.0. The Balaban J connectivity index is 1.57. The SMILES string of the molecule is C=C(C(N)=O)c1cc(Nc2cc(Nc3cc(OC)c(Cl)cc3Cl)ncn2)c(OC)cc1OCCN1CCOCC1. The highest BCUT2D eigenvalue weighted by molar-refractivity contribution is 6.37. The second-order valence-corrected chi connectivity index (χ2v) is 9.51. The maximum absolute atomic E-state index is 12.0. The average molecular weight is 589 g/mol. The van der Waals surface area contributed by atoms with Crippen molar-refractivity contribution in [1.29, 1.82) is 0 Å². The molecule has 1 fully saturated rings. The molecule has 1 aliphatic heterocycles. The van der Waals surface area contributed by atoms with Crippen LogP contribution in [0, 0.1) is 0 Å². The number of hydrogen-bond acceptors (Lipinski definition) is 10. The molecule has 1 amide bonds. The van der Waals surface area contributed by atoms with Crippen LogP contribution in [0.25, 0.3) is 5.57 Å². The number of nitrogens with two attached hydrogens (primary N) is 1. The van der Waals surface area contributed by atoms with Crippen LogP contribution in [0.4, 0.5) is 23.0 Å². The minimum Gasteiger partial charge on any atom is -0.495 e. The van der Waals surface area contributed by atoms with E-state index in [4.69, 9.17) is 47.9 Å². The van der Waals surface area contributed by atoms with Gasteiger partial charge in [-0.15, -0.1) is 0 Å². The number of ether oxygens (including phenoxy) is 4. The molecule has 0 bridgehead atoms. The quantitative estimate of drug-likeness (QED) is 0.260. The number of benzene rings is 2. The van der Waals surface area contributed by atoms with E-state index in [1.54, 1.807) is 30.3 Å². The normalized spacial score (nSPS) is 13.4. The molecule has 1 saturated heterocycles. The number of nitrogens with one attached hydrogen (secondary N) is 2. The fourth-order valence-corrected chi connectivity index (χ4v) is 4.48. The lowest BCUT2D eigenvalue weighted by Gasteiger charge is -2.26. The second kappa shape index (κ2) is 13.5. The molecule has 4 rings (SSSR count). The van der Waals surface area contributed by atoms with E-state index in [0.717, 1.165) is 13.1 Å². The van der Waals surface area contributed by atoms with Crippen molar-refractivity contribution in [3.05, 3.63) is 58.8 Å². The molecule has 11 nitrogen and oxygen atoms in total. The topological polar surface area (TPSA) is 133 Å². The maximum atomic E-state index is 12.0. The number of hydrogen-bond donors (Lipinski definition) is 3. The molecule has 0 aliphatic carbocycles. The summed E-state index contributed by atoms with van der Waals surface area (Å²) in [7, 11) is 3.05. The number of primary amides is 1. The second-order valence-electron chi connectivity index (χ2n) is 8.70. The molecular weight excluding hydrogens is 559 g/mol.